The lowest BCUT2D eigenvalue weighted by Gasteiger charge is -2.40. The number of piperidine rings is 1. The summed E-state index contributed by atoms with van der Waals surface area (Å²) in [6.45, 7) is 7.00. The van der Waals surface area contributed by atoms with Crippen molar-refractivity contribution in [3.8, 4) is 11.5 Å². The van der Waals surface area contributed by atoms with E-state index < -0.39 is 0 Å². The van der Waals surface area contributed by atoms with Gasteiger partial charge in [-0.25, -0.2) is 0 Å². The van der Waals surface area contributed by atoms with Gasteiger partial charge in [0.15, 0.2) is 11.5 Å². The predicted molar refractivity (Wildman–Crippen MR) is 78.9 cm³/mol. The van der Waals surface area contributed by atoms with Gasteiger partial charge in [0.1, 0.15) is 0 Å². The molecule has 2 heterocycles. The zero-order chi connectivity index (χ0) is 14.1. The summed E-state index contributed by atoms with van der Waals surface area (Å²) in [5, 5.41) is 0. The molecule has 0 aromatic heterocycles. The molecule has 1 saturated heterocycles. The highest BCUT2D eigenvalue weighted by molar-refractivity contribution is 5.45. The van der Waals surface area contributed by atoms with Gasteiger partial charge in [-0.1, -0.05) is 19.4 Å². The molecule has 0 aliphatic carbocycles. The average molecular weight is 276 g/mol. The number of hydrogen-bond donors (Lipinski definition) is 1. The molecule has 2 aliphatic heterocycles. The SMILES string of the molecule is CCC1CN(C(C)c2ccc3c(c2)OCO3)CCC1N. The van der Waals surface area contributed by atoms with Crippen LogP contribution in [0.2, 0.25) is 0 Å². The number of rotatable bonds is 3. The molecule has 0 spiro atoms. The topological polar surface area (TPSA) is 47.7 Å². The summed E-state index contributed by atoms with van der Waals surface area (Å²) in [7, 11) is 0. The van der Waals surface area contributed by atoms with Gasteiger partial charge in [-0.15, -0.1) is 0 Å². The van der Waals surface area contributed by atoms with Gasteiger partial charge in [0.2, 0.25) is 6.79 Å². The van der Waals surface area contributed by atoms with Crippen LogP contribution in [0.4, 0.5) is 0 Å². The summed E-state index contributed by atoms with van der Waals surface area (Å²) in [5.74, 6) is 2.34. The van der Waals surface area contributed by atoms with Gasteiger partial charge in [0, 0.05) is 25.2 Å². The van der Waals surface area contributed by atoms with Crippen molar-refractivity contribution in [3.63, 3.8) is 0 Å². The van der Waals surface area contributed by atoms with Gasteiger partial charge in [0.05, 0.1) is 0 Å². The summed E-state index contributed by atoms with van der Waals surface area (Å²) in [6.07, 6.45) is 2.25. The van der Waals surface area contributed by atoms with Crippen LogP contribution in [-0.4, -0.2) is 30.8 Å². The molecule has 1 aromatic carbocycles. The van der Waals surface area contributed by atoms with Crippen molar-refractivity contribution in [2.45, 2.75) is 38.8 Å². The van der Waals surface area contributed by atoms with Crippen LogP contribution in [0.5, 0.6) is 11.5 Å². The van der Waals surface area contributed by atoms with E-state index in [0.29, 0.717) is 24.8 Å². The second kappa shape index (κ2) is 5.62. The molecule has 1 aromatic rings. The van der Waals surface area contributed by atoms with Crippen molar-refractivity contribution in [3.05, 3.63) is 23.8 Å². The Morgan fingerprint density at radius 2 is 2.15 bits per heavy atom. The number of fused-ring (bicyclic) bond motifs is 1. The van der Waals surface area contributed by atoms with Gasteiger partial charge in [-0.3, -0.25) is 4.90 Å². The van der Waals surface area contributed by atoms with Gasteiger partial charge in [-0.2, -0.15) is 0 Å². The standard InChI is InChI=1S/C16H24N2O2/c1-3-12-9-18(7-6-14(12)17)11(2)13-4-5-15-16(8-13)20-10-19-15/h4-5,8,11-12,14H,3,6-7,9-10,17H2,1-2H3. The number of hydrogen-bond acceptors (Lipinski definition) is 4. The zero-order valence-corrected chi connectivity index (χ0v) is 12.3. The number of nitrogens with zero attached hydrogens (tertiary/aromatic N) is 1. The maximum absolute atomic E-state index is 6.20. The molecule has 2 N–H and O–H groups in total. The van der Waals surface area contributed by atoms with Gasteiger partial charge >= 0.3 is 0 Å². The van der Waals surface area contributed by atoms with Crippen LogP contribution >= 0.6 is 0 Å². The molecular formula is C16H24N2O2. The number of ether oxygens (including phenoxy) is 2. The van der Waals surface area contributed by atoms with Crippen LogP contribution in [0.25, 0.3) is 0 Å². The average Bonchev–Trinajstić information content (AvgIpc) is 2.94. The van der Waals surface area contributed by atoms with Crippen LogP contribution < -0.4 is 15.2 Å². The fourth-order valence-electron chi connectivity index (χ4n) is 3.25. The zero-order valence-electron chi connectivity index (χ0n) is 12.3. The molecule has 110 valence electrons. The maximum Gasteiger partial charge on any atom is 0.231 e. The predicted octanol–water partition coefficient (Wildman–Crippen LogP) is 2.54. The van der Waals surface area contributed by atoms with Crippen LogP contribution in [0, 0.1) is 5.92 Å². The Kier molecular flexibility index (Phi) is 3.85. The minimum atomic E-state index is 0.337. The van der Waals surface area contributed by atoms with Crippen LogP contribution in [0.1, 0.15) is 38.3 Å². The van der Waals surface area contributed by atoms with Crippen molar-refractivity contribution in [2.24, 2.45) is 11.7 Å². The highest BCUT2D eigenvalue weighted by Crippen LogP contribution is 2.36. The quantitative estimate of drug-likeness (QED) is 0.921. The van der Waals surface area contributed by atoms with Gasteiger partial charge in [0.25, 0.3) is 0 Å². The first-order valence-electron chi connectivity index (χ1n) is 7.58. The van der Waals surface area contributed by atoms with Crippen molar-refractivity contribution < 1.29 is 9.47 Å². The monoisotopic (exact) mass is 276 g/mol. The Labute approximate surface area is 120 Å². The summed E-state index contributed by atoms with van der Waals surface area (Å²) in [5.41, 5.74) is 7.49. The number of benzene rings is 1. The van der Waals surface area contributed by atoms with E-state index in [0.717, 1.165) is 37.4 Å². The molecular weight excluding hydrogens is 252 g/mol. The van der Waals surface area contributed by atoms with Crippen molar-refractivity contribution in [1.29, 1.82) is 0 Å². The van der Waals surface area contributed by atoms with E-state index in [4.69, 9.17) is 15.2 Å². The van der Waals surface area contributed by atoms with E-state index in [9.17, 15) is 0 Å². The third kappa shape index (κ3) is 2.50. The molecule has 0 saturated carbocycles. The molecule has 4 nitrogen and oxygen atoms in total. The molecule has 1 fully saturated rings. The van der Waals surface area contributed by atoms with Crippen molar-refractivity contribution >= 4 is 0 Å². The fraction of sp³-hybridized carbons (Fsp3) is 0.625. The first kappa shape index (κ1) is 13.7. The Morgan fingerprint density at radius 3 is 2.95 bits per heavy atom. The van der Waals surface area contributed by atoms with Crippen LogP contribution in [-0.2, 0) is 0 Å². The maximum atomic E-state index is 6.20. The lowest BCUT2D eigenvalue weighted by molar-refractivity contribution is 0.114. The fourth-order valence-corrected chi connectivity index (χ4v) is 3.25. The first-order chi connectivity index (χ1) is 9.69. The highest BCUT2D eigenvalue weighted by atomic mass is 16.7. The molecule has 0 amide bonds. The minimum Gasteiger partial charge on any atom is -0.454 e. The second-order valence-corrected chi connectivity index (χ2v) is 5.90. The summed E-state index contributed by atoms with van der Waals surface area (Å²) in [4.78, 5) is 2.54. The normalized spacial score (nSPS) is 27.6. The van der Waals surface area contributed by atoms with Gasteiger partial charge < -0.3 is 15.2 Å². The summed E-state index contributed by atoms with van der Waals surface area (Å²) < 4.78 is 10.9. The van der Waals surface area contributed by atoms with E-state index in [1.165, 1.54) is 5.56 Å². The van der Waals surface area contributed by atoms with Crippen LogP contribution in [0.15, 0.2) is 18.2 Å². The van der Waals surface area contributed by atoms with Crippen LogP contribution in [0.3, 0.4) is 0 Å². The lowest BCUT2D eigenvalue weighted by Crippen LogP contribution is -2.47. The third-order valence-electron chi connectivity index (χ3n) is 4.78. The Hall–Kier alpha value is -1.26. The summed E-state index contributed by atoms with van der Waals surface area (Å²) >= 11 is 0. The number of nitrogens with two attached hydrogens (primary N) is 1. The first-order valence-corrected chi connectivity index (χ1v) is 7.58. The molecule has 3 rings (SSSR count). The van der Waals surface area contributed by atoms with Gasteiger partial charge in [-0.05, 0) is 37.0 Å². The Balaban J connectivity index is 1.73. The molecule has 4 heteroatoms. The van der Waals surface area contributed by atoms with E-state index >= 15 is 0 Å². The van der Waals surface area contributed by atoms with E-state index in [1.807, 2.05) is 6.07 Å². The Morgan fingerprint density at radius 1 is 1.35 bits per heavy atom. The Bertz CT molecular complexity index is 478. The number of likely N-dealkylation sites (tertiary alicyclic amines) is 1. The lowest BCUT2D eigenvalue weighted by atomic mass is 9.89. The van der Waals surface area contributed by atoms with E-state index in [1.54, 1.807) is 0 Å². The smallest absolute Gasteiger partial charge is 0.231 e. The molecule has 2 aliphatic rings. The minimum absolute atomic E-state index is 0.337. The van der Waals surface area contributed by atoms with E-state index in [2.05, 4.69) is 30.9 Å². The molecule has 0 radical (unpaired) electrons. The van der Waals surface area contributed by atoms with E-state index in [-0.39, 0.29) is 0 Å². The molecule has 3 atom stereocenters. The third-order valence-corrected chi connectivity index (χ3v) is 4.78. The second-order valence-electron chi connectivity index (χ2n) is 5.90. The molecule has 3 unspecified atom stereocenters. The van der Waals surface area contributed by atoms with Crippen molar-refractivity contribution in [1.82, 2.24) is 4.90 Å². The molecule has 0 bridgehead atoms. The largest absolute Gasteiger partial charge is 0.454 e. The van der Waals surface area contributed by atoms with Crippen molar-refractivity contribution in [2.75, 3.05) is 19.9 Å². The summed E-state index contributed by atoms with van der Waals surface area (Å²) in [6, 6.07) is 7.03. The highest BCUT2D eigenvalue weighted by Gasteiger charge is 2.29. The molecule has 20 heavy (non-hydrogen) atoms.